The molecule has 0 atom stereocenters. The molecule has 1 aliphatic rings. The molecule has 2 heterocycles. The average molecular weight is 377 g/mol. The fraction of sp³-hybridized carbons (Fsp3) is 0.435. The van der Waals surface area contributed by atoms with E-state index in [4.69, 9.17) is 0 Å². The Morgan fingerprint density at radius 1 is 1.00 bits per heavy atom. The Labute approximate surface area is 166 Å². The molecule has 4 rings (SSSR count). The van der Waals surface area contributed by atoms with E-state index >= 15 is 0 Å². The molecule has 1 aliphatic carbocycles. The molecule has 146 valence electrons. The number of rotatable bonds is 5. The van der Waals surface area contributed by atoms with E-state index in [0.717, 1.165) is 39.7 Å². The number of aromatic nitrogens is 3. The Morgan fingerprint density at radius 3 is 2.43 bits per heavy atom. The lowest BCUT2D eigenvalue weighted by atomic mass is 9.80. The minimum Gasteiger partial charge on any atom is -0.493 e. The summed E-state index contributed by atoms with van der Waals surface area (Å²) in [6.07, 6.45) is 7.28. The van der Waals surface area contributed by atoms with Gasteiger partial charge in [0.25, 0.3) is 0 Å². The molecule has 2 N–H and O–H groups in total. The first kappa shape index (κ1) is 18.7. The van der Waals surface area contributed by atoms with Crippen LogP contribution in [0.25, 0.3) is 10.8 Å². The zero-order valence-electron chi connectivity index (χ0n) is 16.6. The van der Waals surface area contributed by atoms with Crippen LogP contribution in [0.15, 0.2) is 42.6 Å². The maximum absolute atomic E-state index is 9.39. The average Bonchev–Trinajstić information content (AvgIpc) is 2.72. The van der Waals surface area contributed by atoms with E-state index in [0.29, 0.717) is 12.5 Å². The third kappa shape index (κ3) is 4.08. The molecule has 1 aromatic carbocycles. The molecule has 0 saturated heterocycles. The lowest BCUT2D eigenvalue weighted by molar-refractivity contribution is 0.266. The summed E-state index contributed by atoms with van der Waals surface area (Å²) in [5.74, 6) is 2.54. The topological polar surface area (TPSA) is 70.9 Å². The van der Waals surface area contributed by atoms with E-state index in [2.05, 4.69) is 52.5 Å². The number of anilines is 1. The SMILES string of the molecule is CC(C)[C@H]1CC[C@H](Nc2nnc(Cc3ccc(O)nc3)c3ccccc23)CC1. The minimum atomic E-state index is 0.0337. The van der Waals surface area contributed by atoms with Gasteiger partial charge in [-0.15, -0.1) is 5.10 Å². The van der Waals surface area contributed by atoms with Crippen molar-refractivity contribution >= 4 is 16.6 Å². The summed E-state index contributed by atoms with van der Waals surface area (Å²) >= 11 is 0. The number of aromatic hydroxyl groups is 1. The standard InChI is InChI=1S/C23H28N4O/c1-15(2)17-8-10-18(11-9-17)25-23-20-6-4-3-5-19(20)21(26-27-23)13-16-7-12-22(28)24-14-16/h3-7,12,14-15,17-18H,8-11,13H2,1-2H3,(H,24,28)(H,25,27)/t17-,18-. The van der Waals surface area contributed by atoms with E-state index in [9.17, 15) is 5.11 Å². The van der Waals surface area contributed by atoms with Gasteiger partial charge in [-0.25, -0.2) is 4.98 Å². The summed E-state index contributed by atoms with van der Waals surface area (Å²) in [5.41, 5.74) is 1.93. The third-order valence-electron chi connectivity index (χ3n) is 6.00. The van der Waals surface area contributed by atoms with Crippen LogP contribution in [-0.2, 0) is 6.42 Å². The molecule has 0 spiro atoms. The molecule has 28 heavy (non-hydrogen) atoms. The van der Waals surface area contributed by atoms with Crippen molar-refractivity contribution in [3.8, 4) is 5.88 Å². The Kier molecular flexibility index (Phi) is 5.42. The molecule has 0 aliphatic heterocycles. The fourth-order valence-electron chi connectivity index (χ4n) is 4.23. The fourth-order valence-corrected chi connectivity index (χ4v) is 4.23. The summed E-state index contributed by atoms with van der Waals surface area (Å²) in [5, 5.41) is 24.3. The van der Waals surface area contributed by atoms with Gasteiger partial charge in [-0.1, -0.05) is 44.2 Å². The molecule has 0 radical (unpaired) electrons. The van der Waals surface area contributed by atoms with Crippen LogP contribution in [0, 0.1) is 11.8 Å². The maximum atomic E-state index is 9.39. The van der Waals surface area contributed by atoms with Crippen molar-refractivity contribution in [3.05, 3.63) is 53.9 Å². The molecular weight excluding hydrogens is 348 g/mol. The van der Waals surface area contributed by atoms with Crippen molar-refractivity contribution in [2.45, 2.75) is 52.0 Å². The van der Waals surface area contributed by atoms with Crippen molar-refractivity contribution < 1.29 is 5.11 Å². The Hall–Kier alpha value is -2.69. The number of hydrogen-bond acceptors (Lipinski definition) is 5. The Balaban J connectivity index is 1.55. The maximum Gasteiger partial charge on any atom is 0.210 e. The lowest BCUT2D eigenvalue weighted by Crippen LogP contribution is -2.28. The number of benzene rings is 1. The summed E-state index contributed by atoms with van der Waals surface area (Å²) in [4.78, 5) is 3.96. The molecule has 5 nitrogen and oxygen atoms in total. The smallest absolute Gasteiger partial charge is 0.210 e. The van der Waals surface area contributed by atoms with Gasteiger partial charge in [0.05, 0.1) is 5.69 Å². The predicted octanol–water partition coefficient (Wildman–Crippen LogP) is 4.95. The van der Waals surface area contributed by atoms with Crippen molar-refractivity contribution in [1.82, 2.24) is 15.2 Å². The monoisotopic (exact) mass is 376 g/mol. The zero-order chi connectivity index (χ0) is 19.5. The highest BCUT2D eigenvalue weighted by Gasteiger charge is 2.24. The van der Waals surface area contributed by atoms with Gasteiger partial charge in [-0.2, -0.15) is 5.10 Å². The summed E-state index contributed by atoms with van der Waals surface area (Å²) < 4.78 is 0. The second-order valence-electron chi connectivity index (χ2n) is 8.24. The van der Waals surface area contributed by atoms with E-state index in [1.807, 2.05) is 12.1 Å². The van der Waals surface area contributed by atoms with Gasteiger partial charge in [0.2, 0.25) is 5.88 Å². The quantitative estimate of drug-likeness (QED) is 0.659. The van der Waals surface area contributed by atoms with Gasteiger partial charge in [0, 0.05) is 35.5 Å². The number of hydrogen-bond donors (Lipinski definition) is 2. The van der Waals surface area contributed by atoms with Gasteiger partial charge in [0.15, 0.2) is 5.82 Å². The molecule has 0 amide bonds. The van der Waals surface area contributed by atoms with Crippen LogP contribution in [0.3, 0.4) is 0 Å². The predicted molar refractivity (Wildman–Crippen MR) is 112 cm³/mol. The highest BCUT2D eigenvalue weighted by Crippen LogP contribution is 2.32. The van der Waals surface area contributed by atoms with Crippen LogP contribution in [0.5, 0.6) is 5.88 Å². The summed E-state index contributed by atoms with van der Waals surface area (Å²) in [7, 11) is 0. The van der Waals surface area contributed by atoms with Crippen molar-refractivity contribution in [2.24, 2.45) is 11.8 Å². The van der Waals surface area contributed by atoms with Crippen LogP contribution in [-0.4, -0.2) is 26.3 Å². The minimum absolute atomic E-state index is 0.0337. The van der Waals surface area contributed by atoms with Crippen LogP contribution in [0.1, 0.15) is 50.8 Å². The zero-order valence-corrected chi connectivity index (χ0v) is 16.6. The molecule has 0 unspecified atom stereocenters. The van der Waals surface area contributed by atoms with Crippen LogP contribution >= 0.6 is 0 Å². The van der Waals surface area contributed by atoms with Gasteiger partial charge < -0.3 is 10.4 Å². The van der Waals surface area contributed by atoms with E-state index < -0.39 is 0 Å². The largest absolute Gasteiger partial charge is 0.493 e. The van der Waals surface area contributed by atoms with Crippen molar-refractivity contribution in [2.75, 3.05) is 5.32 Å². The summed E-state index contributed by atoms with van der Waals surface area (Å²) in [6, 6.07) is 12.3. The molecule has 5 heteroatoms. The highest BCUT2D eigenvalue weighted by atomic mass is 16.3. The van der Waals surface area contributed by atoms with Crippen LogP contribution in [0.4, 0.5) is 5.82 Å². The summed E-state index contributed by atoms with van der Waals surface area (Å²) in [6.45, 7) is 4.67. The highest BCUT2D eigenvalue weighted by molar-refractivity contribution is 5.93. The van der Waals surface area contributed by atoms with Gasteiger partial charge in [-0.3, -0.25) is 0 Å². The first-order chi connectivity index (χ1) is 13.6. The Bertz CT molecular complexity index is 931. The molecular formula is C23H28N4O. The lowest BCUT2D eigenvalue weighted by Gasteiger charge is -2.31. The van der Waals surface area contributed by atoms with Crippen molar-refractivity contribution in [3.63, 3.8) is 0 Å². The number of fused-ring (bicyclic) bond motifs is 1. The number of nitrogens with one attached hydrogen (secondary N) is 1. The van der Waals surface area contributed by atoms with E-state index in [1.165, 1.54) is 25.7 Å². The van der Waals surface area contributed by atoms with Crippen molar-refractivity contribution in [1.29, 1.82) is 0 Å². The normalized spacial score (nSPS) is 19.8. The van der Waals surface area contributed by atoms with Gasteiger partial charge in [0.1, 0.15) is 0 Å². The first-order valence-electron chi connectivity index (χ1n) is 10.2. The molecule has 1 saturated carbocycles. The Morgan fingerprint density at radius 2 is 1.75 bits per heavy atom. The van der Waals surface area contributed by atoms with Gasteiger partial charge >= 0.3 is 0 Å². The molecule has 2 aromatic heterocycles. The number of nitrogens with zero attached hydrogens (tertiary/aromatic N) is 3. The molecule has 0 bridgehead atoms. The third-order valence-corrected chi connectivity index (χ3v) is 6.00. The number of pyridine rings is 1. The van der Waals surface area contributed by atoms with Crippen LogP contribution < -0.4 is 5.32 Å². The van der Waals surface area contributed by atoms with E-state index in [1.54, 1.807) is 12.3 Å². The van der Waals surface area contributed by atoms with Gasteiger partial charge in [-0.05, 0) is 43.1 Å². The molecule has 3 aromatic rings. The van der Waals surface area contributed by atoms with E-state index in [-0.39, 0.29) is 5.88 Å². The second kappa shape index (κ2) is 8.13. The van der Waals surface area contributed by atoms with Crippen LogP contribution in [0.2, 0.25) is 0 Å². The molecule has 1 fully saturated rings. The second-order valence-corrected chi connectivity index (χ2v) is 8.24. The first-order valence-corrected chi connectivity index (χ1v) is 10.2.